The van der Waals surface area contributed by atoms with Gasteiger partial charge in [-0.05, 0) is 19.3 Å². The molecule has 1 unspecified atom stereocenters. The molecule has 0 saturated carbocycles. The largest absolute Gasteiger partial charge is 0.469 e. The van der Waals surface area contributed by atoms with Gasteiger partial charge in [0, 0.05) is 13.1 Å². The van der Waals surface area contributed by atoms with E-state index in [4.69, 9.17) is 0 Å². The van der Waals surface area contributed by atoms with Gasteiger partial charge in [-0.2, -0.15) is 0 Å². The Bertz CT molecular complexity index is 582. The van der Waals surface area contributed by atoms with Gasteiger partial charge in [0.15, 0.2) is 9.84 Å². The van der Waals surface area contributed by atoms with Gasteiger partial charge in [0.2, 0.25) is 10.0 Å². The molecule has 0 aliphatic carbocycles. The van der Waals surface area contributed by atoms with E-state index in [-0.39, 0.29) is 24.5 Å². The summed E-state index contributed by atoms with van der Waals surface area (Å²) < 4.78 is 53.7. The van der Waals surface area contributed by atoms with Crippen LogP contribution in [-0.2, 0) is 29.4 Å². The first kappa shape index (κ1) is 15.7. The van der Waals surface area contributed by atoms with Crippen LogP contribution in [0.4, 0.5) is 0 Å². The molecule has 2 aliphatic rings. The quantitative estimate of drug-likeness (QED) is 0.642. The summed E-state index contributed by atoms with van der Waals surface area (Å²) >= 11 is 0. The summed E-state index contributed by atoms with van der Waals surface area (Å²) in [6, 6.07) is 0. The third kappa shape index (κ3) is 3.15. The molecule has 2 fully saturated rings. The molecule has 9 heteroatoms. The molecule has 116 valence electrons. The molecular formula is C11H19NO6S2. The average Bonchev–Trinajstić information content (AvgIpc) is 2.79. The lowest BCUT2D eigenvalue weighted by Crippen LogP contribution is -2.46. The van der Waals surface area contributed by atoms with Crippen molar-refractivity contribution in [3.05, 3.63) is 0 Å². The van der Waals surface area contributed by atoms with Crippen molar-refractivity contribution in [2.24, 2.45) is 5.92 Å². The first-order chi connectivity index (χ1) is 9.26. The van der Waals surface area contributed by atoms with E-state index < -0.39 is 37.0 Å². The Morgan fingerprint density at radius 2 is 2.00 bits per heavy atom. The van der Waals surface area contributed by atoms with E-state index in [2.05, 4.69) is 4.74 Å². The summed E-state index contributed by atoms with van der Waals surface area (Å²) in [4.78, 5) is 11.5. The molecule has 0 N–H and O–H groups in total. The Kier molecular flexibility index (Phi) is 4.41. The predicted molar refractivity (Wildman–Crippen MR) is 72.3 cm³/mol. The third-order valence-corrected chi connectivity index (χ3v) is 8.17. The number of esters is 1. The molecule has 2 atom stereocenters. The highest BCUT2D eigenvalue weighted by Crippen LogP contribution is 2.26. The normalized spacial score (nSPS) is 31.1. The Labute approximate surface area is 119 Å². The topological polar surface area (TPSA) is 97.8 Å². The molecule has 0 radical (unpaired) electrons. The number of carbonyl (C=O) groups is 1. The van der Waals surface area contributed by atoms with E-state index in [1.54, 1.807) is 0 Å². The Morgan fingerprint density at radius 3 is 2.55 bits per heavy atom. The van der Waals surface area contributed by atoms with Crippen LogP contribution in [0.15, 0.2) is 0 Å². The van der Waals surface area contributed by atoms with E-state index in [9.17, 15) is 21.6 Å². The van der Waals surface area contributed by atoms with Gasteiger partial charge < -0.3 is 4.74 Å². The molecule has 2 rings (SSSR count). The number of methoxy groups -OCH3 is 1. The van der Waals surface area contributed by atoms with Gasteiger partial charge in [-0.1, -0.05) is 0 Å². The van der Waals surface area contributed by atoms with Crippen LogP contribution in [0, 0.1) is 5.92 Å². The van der Waals surface area contributed by atoms with Crippen LogP contribution < -0.4 is 0 Å². The fraction of sp³-hybridized carbons (Fsp3) is 0.909. The van der Waals surface area contributed by atoms with Gasteiger partial charge in [0.05, 0.1) is 29.8 Å². The number of piperidine rings is 1. The van der Waals surface area contributed by atoms with Crippen molar-refractivity contribution >= 4 is 25.8 Å². The molecular weight excluding hydrogens is 306 g/mol. The second-order valence-corrected chi connectivity index (χ2v) is 9.73. The minimum atomic E-state index is -3.66. The Hall–Kier alpha value is -0.670. The maximum Gasteiger partial charge on any atom is 0.309 e. The van der Waals surface area contributed by atoms with Crippen molar-refractivity contribution in [2.75, 3.05) is 31.7 Å². The van der Waals surface area contributed by atoms with Crippen LogP contribution in [0.2, 0.25) is 0 Å². The molecule has 7 nitrogen and oxygen atoms in total. The summed E-state index contributed by atoms with van der Waals surface area (Å²) in [5, 5.41) is -0.871. The van der Waals surface area contributed by atoms with Crippen LogP contribution in [0.5, 0.6) is 0 Å². The molecule has 0 aromatic rings. The highest BCUT2D eigenvalue weighted by Gasteiger charge is 2.42. The minimum absolute atomic E-state index is 0.0782. The maximum atomic E-state index is 12.4. The van der Waals surface area contributed by atoms with E-state index >= 15 is 0 Å². The number of carbonyl (C=O) groups excluding carboxylic acids is 1. The molecule has 0 aromatic carbocycles. The summed E-state index contributed by atoms with van der Waals surface area (Å²) in [5.74, 6) is -1.26. The van der Waals surface area contributed by atoms with Gasteiger partial charge >= 0.3 is 5.97 Å². The van der Waals surface area contributed by atoms with Crippen LogP contribution in [0.25, 0.3) is 0 Å². The fourth-order valence-corrected chi connectivity index (χ4v) is 7.35. The van der Waals surface area contributed by atoms with Crippen LogP contribution in [0.3, 0.4) is 0 Å². The summed E-state index contributed by atoms with van der Waals surface area (Å²) in [5.41, 5.74) is 0. The number of sulfone groups is 1. The minimum Gasteiger partial charge on any atom is -0.469 e. The molecule has 2 saturated heterocycles. The second-order valence-electron chi connectivity index (χ2n) is 5.29. The van der Waals surface area contributed by atoms with Gasteiger partial charge in [-0.15, -0.1) is 0 Å². The number of nitrogens with zero attached hydrogens (tertiary/aromatic N) is 1. The van der Waals surface area contributed by atoms with Crippen LogP contribution in [-0.4, -0.2) is 64.1 Å². The number of sulfonamides is 1. The van der Waals surface area contributed by atoms with Gasteiger partial charge in [0.25, 0.3) is 0 Å². The SMILES string of the molecule is COC(=O)[C@H]1CCCN(S(=O)(=O)C2CCS(=O)(=O)C2)C1. The zero-order valence-corrected chi connectivity index (χ0v) is 13.0. The highest BCUT2D eigenvalue weighted by molar-refractivity contribution is 7.95. The monoisotopic (exact) mass is 325 g/mol. The van der Waals surface area contributed by atoms with Gasteiger partial charge in [-0.25, -0.2) is 21.1 Å². The standard InChI is InChI=1S/C11H19NO6S2/c1-18-11(13)9-3-2-5-12(7-9)20(16,17)10-4-6-19(14,15)8-10/h9-10H,2-8H2,1H3/t9-,10?/m0/s1. The molecule has 0 bridgehead atoms. The first-order valence-corrected chi connectivity index (χ1v) is 9.86. The third-order valence-electron chi connectivity index (χ3n) is 3.89. The van der Waals surface area contributed by atoms with Gasteiger partial charge in [-0.3, -0.25) is 4.79 Å². The van der Waals surface area contributed by atoms with E-state index in [1.165, 1.54) is 11.4 Å². The van der Waals surface area contributed by atoms with Crippen molar-refractivity contribution in [1.82, 2.24) is 4.31 Å². The lowest BCUT2D eigenvalue weighted by Gasteiger charge is -2.32. The zero-order chi connectivity index (χ0) is 15.0. The highest BCUT2D eigenvalue weighted by atomic mass is 32.2. The van der Waals surface area contributed by atoms with Crippen LogP contribution in [0.1, 0.15) is 19.3 Å². The van der Waals surface area contributed by atoms with E-state index in [0.717, 1.165) is 0 Å². The van der Waals surface area contributed by atoms with Crippen molar-refractivity contribution < 1.29 is 26.4 Å². The smallest absolute Gasteiger partial charge is 0.309 e. The summed E-state index contributed by atoms with van der Waals surface area (Å²) in [7, 11) is -5.63. The van der Waals surface area contributed by atoms with Crippen molar-refractivity contribution in [3.63, 3.8) is 0 Å². The first-order valence-electron chi connectivity index (χ1n) is 6.53. The predicted octanol–water partition coefficient (Wildman–Crippen LogP) is -0.612. The summed E-state index contributed by atoms with van der Waals surface area (Å²) in [6.45, 7) is 0.429. The molecule has 2 aliphatic heterocycles. The Morgan fingerprint density at radius 1 is 1.30 bits per heavy atom. The molecule has 0 aromatic heterocycles. The fourth-order valence-electron chi connectivity index (χ4n) is 2.74. The molecule has 2 heterocycles. The Balaban J connectivity index is 2.12. The van der Waals surface area contributed by atoms with Gasteiger partial charge in [0.1, 0.15) is 0 Å². The number of hydrogen-bond donors (Lipinski definition) is 0. The summed E-state index contributed by atoms with van der Waals surface area (Å²) in [6.07, 6.45) is 1.32. The van der Waals surface area contributed by atoms with Crippen molar-refractivity contribution in [2.45, 2.75) is 24.5 Å². The average molecular weight is 325 g/mol. The molecule has 20 heavy (non-hydrogen) atoms. The van der Waals surface area contributed by atoms with E-state index in [0.29, 0.717) is 19.4 Å². The second kappa shape index (κ2) is 5.61. The molecule has 0 spiro atoms. The van der Waals surface area contributed by atoms with Crippen molar-refractivity contribution in [1.29, 1.82) is 0 Å². The van der Waals surface area contributed by atoms with Crippen LogP contribution >= 0.6 is 0 Å². The number of hydrogen-bond acceptors (Lipinski definition) is 6. The lowest BCUT2D eigenvalue weighted by atomic mass is 10.0. The molecule has 0 amide bonds. The number of ether oxygens (including phenoxy) is 1. The lowest BCUT2D eigenvalue weighted by molar-refractivity contribution is -0.146. The number of rotatable bonds is 3. The maximum absolute atomic E-state index is 12.4. The van der Waals surface area contributed by atoms with E-state index in [1.807, 2.05) is 0 Å². The van der Waals surface area contributed by atoms with Crippen molar-refractivity contribution in [3.8, 4) is 0 Å². The zero-order valence-electron chi connectivity index (χ0n) is 11.3.